The summed E-state index contributed by atoms with van der Waals surface area (Å²) in [6.45, 7) is 2.17. The van der Waals surface area contributed by atoms with E-state index in [0.717, 1.165) is 29.2 Å². The van der Waals surface area contributed by atoms with Crippen molar-refractivity contribution in [3.63, 3.8) is 0 Å². The van der Waals surface area contributed by atoms with Gasteiger partial charge in [-0.25, -0.2) is 0 Å². The lowest BCUT2D eigenvalue weighted by Gasteiger charge is -2.22. The topological polar surface area (TPSA) is 21.3 Å². The Bertz CT molecular complexity index is 641. The minimum Gasteiger partial charge on any atom is -0.497 e. The van der Waals surface area contributed by atoms with E-state index in [1.54, 1.807) is 7.11 Å². The maximum absolute atomic E-state index is 6.29. The standard InChI is InChI=1S/C18H20ClNO/c1-12(15-5-3-4-6-17(15)19)20-18-10-8-13-7-9-14(21-2)11-16(13)18/h3-7,9,11-12,18,20H,8,10H2,1-2H3. The van der Waals surface area contributed by atoms with E-state index in [1.807, 2.05) is 24.3 Å². The van der Waals surface area contributed by atoms with Gasteiger partial charge in [-0.3, -0.25) is 0 Å². The molecular weight excluding hydrogens is 282 g/mol. The van der Waals surface area contributed by atoms with Crippen LogP contribution in [0.15, 0.2) is 42.5 Å². The van der Waals surface area contributed by atoms with Gasteiger partial charge >= 0.3 is 0 Å². The van der Waals surface area contributed by atoms with E-state index in [0.29, 0.717) is 6.04 Å². The molecule has 0 spiro atoms. The van der Waals surface area contributed by atoms with Gasteiger partial charge in [-0.15, -0.1) is 0 Å². The second-order valence-electron chi connectivity index (χ2n) is 5.57. The molecule has 0 bridgehead atoms. The highest BCUT2D eigenvalue weighted by molar-refractivity contribution is 6.31. The molecule has 1 N–H and O–H groups in total. The summed E-state index contributed by atoms with van der Waals surface area (Å²) >= 11 is 6.29. The van der Waals surface area contributed by atoms with E-state index < -0.39 is 0 Å². The molecule has 2 unspecified atom stereocenters. The zero-order chi connectivity index (χ0) is 14.8. The summed E-state index contributed by atoms with van der Waals surface area (Å²) in [4.78, 5) is 0. The molecule has 21 heavy (non-hydrogen) atoms. The Balaban J connectivity index is 1.80. The van der Waals surface area contributed by atoms with Gasteiger partial charge in [0.15, 0.2) is 0 Å². The third-order valence-electron chi connectivity index (χ3n) is 4.25. The molecular formula is C18H20ClNO. The highest BCUT2D eigenvalue weighted by atomic mass is 35.5. The molecule has 0 heterocycles. The van der Waals surface area contributed by atoms with E-state index in [-0.39, 0.29) is 6.04 Å². The molecule has 2 nitrogen and oxygen atoms in total. The van der Waals surface area contributed by atoms with Crippen LogP contribution in [0.4, 0.5) is 0 Å². The molecule has 0 radical (unpaired) electrons. The predicted molar refractivity (Wildman–Crippen MR) is 87.1 cm³/mol. The fourth-order valence-corrected chi connectivity index (χ4v) is 3.40. The fourth-order valence-electron chi connectivity index (χ4n) is 3.10. The zero-order valence-corrected chi connectivity index (χ0v) is 13.2. The molecule has 2 aromatic carbocycles. The lowest BCUT2D eigenvalue weighted by molar-refractivity contribution is 0.412. The molecule has 1 aliphatic rings. The number of methoxy groups -OCH3 is 1. The summed E-state index contributed by atoms with van der Waals surface area (Å²) in [6.07, 6.45) is 2.24. The van der Waals surface area contributed by atoms with Crippen LogP contribution in [0.2, 0.25) is 5.02 Å². The van der Waals surface area contributed by atoms with Crippen molar-refractivity contribution >= 4 is 11.6 Å². The second-order valence-corrected chi connectivity index (χ2v) is 5.97. The van der Waals surface area contributed by atoms with Gasteiger partial charge in [-0.05, 0) is 54.7 Å². The average molecular weight is 302 g/mol. The number of halogens is 1. The van der Waals surface area contributed by atoms with Gasteiger partial charge in [0.25, 0.3) is 0 Å². The van der Waals surface area contributed by atoms with Crippen molar-refractivity contribution in [3.05, 3.63) is 64.2 Å². The highest BCUT2D eigenvalue weighted by Crippen LogP contribution is 2.36. The minimum absolute atomic E-state index is 0.223. The van der Waals surface area contributed by atoms with Crippen molar-refractivity contribution in [2.45, 2.75) is 31.8 Å². The Labute approximate surface area is 131 Å². The first-order valence-electron chi connectivity index (χ1n) is 7.36. The van der Waals surface area contributed by atoms with Crippen LogP contribution >= 0.6 is 11.6 Å². The number of benzene rings is 2. The Morgan fingerprint density at radius 3 is 2.81 bits per heavy atom. The third-order valence-corrected chi connectivity index (χ3v) is 4.60. The lowest BCUT2D eigenvalue weighted by atomic mass is 10.0. The van der Waals surface area contributed by atoms with Gasteiger partial charge in [-0.1, -0.05) is 35.9 Å². The maximum atomic E-state index is 6.29. The van der Waals surface area contributed by atoms with Crippen molar-refractivity contribution in [2.75, 3.05) is 7.11 Å². The molecule has 3 rings (SSSR count). The number of nitrogens with one attached hydrogen (secondary N) is 1. The Kier molecular flexibility index (Phi) is 4.18. The van der Waals surface area contributed by atoms with Gasteiger partial charge in [0.1, 0.15) is 5.75 Å². The number of rotatable bonds is 4. The third kappa shape index (κ3) is 2.92. The van der Waals surface area contributed by atoms with Gasteiger partial charge in [0.05, 0.1) is 7.11 Å². The van der Waals surface area contributed by atoms with Crippen molar-refractivity contribution in [2.24, 2.45) is 0 Å². The van der Waals surface area contributed by atoms with Crippen LogP contribution in [0.5, 0.6) is 5.75 Å². The molecule has 2 atom stereocenters. The number of ether oxygens (including phenoxy) is 1. The van der Waals surface area contributed by atoms with Crippen molar-refractivity contribution < 1.29 is 4.74 Å². The van der Waals surface area contributed by atoms with E-state index in [1.165, 1.54) is 11.1 Å². The molecule has 0 saturated heterocycles. The van der Waals surface area contributed by atoms with Crippen LogP contribution in [-0.2, 0) is 6.42 Å². The molecule has 0 aliphatic heterocycles. The summed E-state index contributed by atoms with van der Waals surface area (Å²) in [5, 5.41) is 4.52. The van der Waals surface area contributed by atoms with E-state index in [4.69, 9.17) is 16.3 Å². The Morgan fingerprint density at radius 2 is 2.05 bits per heavy atom. The van der Waals surface area contributed by atoms with E-state index in [2.05, 4.69) is 30.4 Å². The number of hydrogen-bond donors (Lipinski definition) is 1. The maximum Gasteiger partial charge on any atom is 0.119 e. The number of fused-ring (bicyclic) bond motifs is 1. The normalized spacial score (nSPS) is 18.3. The van der Waals surface area contributed by atoms with Crippen LogP contribution in [0.1, 0.15) is 42.1 Å². The van der Waals surface area contributed by atoms with E-state index >= 15 is 0 Å². The quantitative estimate of drug-likeness (QED) is 0.885. The first-order valence-corrected chi connectivity index (χ1v) is 7.74. The summed E-state index contributed by atoms with van der Waals surface area (Å²) in [5.74, 6) is 0.924. The Hall–Kier alpha value is -1.51. The SMILES string of the molecule is COc1ccc2c(c1)C(NC(C)c1ccccc1Cl)CC2. The minimum atomic E-state index is 0.223. The van der Waals surface area contributed by atoms with E-state index in [9.17, 15) is 0 Å². The second kappa shape index (κ2) is 6.08. The lowest BCUT2D eigenvalue weighted by Crippen LogP contribution is -2.23. The average Bonchev–Trinajstić information content (AvgIpc) is 2.90. The Morgan fingerprint density at radius 1 is 1.24 bits per heavy atom. The largest absolute Gasteiger partial charge is 0.497 e. The van der Waals surface area contributed by atoms with Gasteiger partial charge in [-0.2, -0.15) is 0 Å². The molecule has 0 fully saturated rings. The van der Waals surface area contributed by atoms with Crippen LogP contribution in [0, 0.1) is 0 Å². The molecule has 0 saturated carbocycles. The number of aryl methyl sites for hydroxylation is 1. The summed E-state index contributed by atoms with van der Waals surface area (Å²) in [6, 6.07) is 15.0. The van der Waals surface area contributed by atoms with Gasteiger partial charge in [0.2, 0.25) is 0 Å². The summed E-state index contributed by atoms with van der Waals surface area (Å²) in [5.41, 5.74) is 3.92. The zero-order valence-electron chi connectivity index (χ0n) is 12.4. The molecule has 2 aromatic rings. The van der Waals surface area contributed by atoms with Crippen LogP contribution < -0.4 is 10.1 Å². The number of hydrogen-bond acceptors (Lipinski definition) is 2. The van der Waals surface area contributed by atoms with Crippen LogP contribution in [0.25, 0.3) is 0 Å². The smallest absolute Gasteiger partial charge is 0.119 e. The molecule has 0 amide bonds. The predicted octanol–water partition coefficient (Wildman–Crippen LogP) is 4.69. The molecule has 110 valence electrons. The van der Waals surface area contributed by atoms with Crippen molar-refractivity contribution in [1.29, 1.82) is 0 Å². The highest BCUT2D eigenvalue weighted by Gasteiger charge is 2.24. The van der Waals surface area contributed by atoms with Crippen LogP contribution in [0.3, 0.4) is 0 Å². The van der Waals surface area contributed by atoms with Gasteiger partial charge in [0, 0.05) is 17.1 Å². The van der Waals surface area contributed by atoms with Crippen LogP contribution in [-0.4, -0.2) is 7.11 Å². The van der Waals surface area contributed by atoms with Crippen molar-refractivity contribution in [1.82, 2.24) is 5.32 Å². The molecule has 0 aromatic heterocycles. The van der Waals surface area contributed by atoms with Gasteiger partial charge < -0.3 is 10.1 Å². The first-order chi connectivity index (χ1) is 10.2. The monoisotopic (exact) mass is 301 g/mol. The molecule has 1 aliphatic carbocycles. The fraction of sp³-hybridized carbons (Fsp3) is 0.333. The van der Waals surface area contributed by atoms with Crippen molar-refractivity contribution in [3.8, 4) is 5.75 Å². The summed E-state index contributed by atoms with van der Waals surface area (Å²) < 4.78 is 5.35. The molecule has 3 heteroatoms. The first kappa shape index (κ1) is 14.4. The summed E-state index contributed by atoms with van der Waals surface area (Å²) in [7, 11) is 1.71.